The van der Waals surface area contributed by atoms with Crippen LogP contribution in [0.3, 0.4) is 0 Å². The van der Waals surface area contributed by atoms with Crippen molar-refractivity contribution < 1.29 is 9.53 Å². The highest BCUT2D eigenvalue weighted by molar-refractivity contribution is 6.31. The first-order valence-corrected chi connectivity index (χ1v) is 11.8. The molecule has 0 saturated heterocycles. The van der Waals surface area contributed by atoms with Crippen molar-refractivity contribution in [1.29, 1.82) is 0 Å². The molecule has 0 saturated carbocycles. The third kappa shape index (κ3) is 5.43. The summed E-state index contributed by atoms with van der Waals surface area (Å²) in [7, 11) is 3.84. The van der Waals surface area contributed by atoms with E-state index in [1.807, 2.05) is 55.4 Å². The summed E-state index contributed by atoms with van der Waals surface area (Å²) in [6.45, 7) is 2.44. The first-order chi connectivity index (χ1) is 16.5. The molecule has 4 rings (SSSR count). The van der Waals surface area contributed by atoms with E-state index in [0.717, 1.165) is 24.1 Å². The van der Waals surface area contributed by atoms with Crippen molar-refractivity contribution in [2.45, 2.75) is 19.1 Å². The van der Waals surface area contributed by atoms with Crippen molar-refractivity contribution in [2.75, 3.05) is 44.4 Å². The van der Waals surface area contributed by atoms with Crippen LogP contribution in [0.5, 0.6) is 5.75 Å². The Balaban J connectivity index is 1.51. The molecule has 1 aromatic heterocycles. The number of hydrogen-bond donors (Lipinski definition) is 2. The van der Waals surface area contributed by atoms with Crippen molar-refractivity contribution in [1.82, 2.24) is 15.2 Å². The Hall–Kier alpha value is -3.29. The summed E-state index contributed by atoms with van der Waals surface area (Å²) >= 11 is 6.65. The lowest BCUT2D eigenvalue weighted by Gasteiger charge is -2.23. The molecule has 1 amide bonds. The molecule has 8 heteroatoms. The summed E-state index contributed by atoms with van der Waals surface area (Å²) in [6.07, 6.45) is 0.739. The van der Waals surface area contributed by atoms with E-state index in [1.54, 1.807) is 17.0 Å². The Morgan fingerprint density at radius 2 is 1.94 bits per heavy atom. The summed E-state index contributed by atoms with van der Waals surface area (Å²) in [5, 5.41) is 3.75. The highest BCUT2D eigenvalue weighted by Gasteiger charge is 2.26. The van der Waals surface area contributed by atoms with Gasteiger partial charge in [-0.05, 0) is 49.0 Å². The number of hydrogen-bond acceptors (Lipinski definition) is 6. The Kier molecular flexibility index (Phi) is 7.55. The molecule has 0 fully saturated rings. The third-order valence-electron chi connectivity index (χ3n) is 5.97. The third-order valence-corrected chi connectivity index (χ3v) is 6.32. The van der Waals surface area contributed by atoms with Crippen LogP contribution in [-0.2, 0) is 6.54 Å². The summed E-state index contributed by atoms with van der Waals surface area (Å²) in [6, 6.07) is 19.2. The van der Waals surface area contributed by atoms with Crippen molar-refractivity contribution in [3.63, 3.8) is 0 Å². The molecular formula is C26H30ClN5O2. The van der Waals surface area contributed by atoms with Crippen molar-refractivity contribution in [2.24, 2.45) is 0 Å². The molecule has 0 bridgehead atoms. The Bertz CT molecular complexity index is 1140. The highest BCUT2D eigenvalue weighted by atomic mass is 35.5. The number of likely N-dealkylation sites (N-methyl/N-ethyl adjacent to an activating group) is 1. The number of ether oxygens (including phenoxy) is 1. The molecule has 178 valence electrons. The fourth-order valence-corrected chi connectivity index (χ4v) is 4.29. The van der Waals surface area contributed by atoms with Gasteiger partial charge in [-0.3, -0.25) is 4.79 Å². The second-order valence-electron chi connectivity index (χ2n) is 8.42. The van der Waals surface area contributed by atoms with Gasteiger partial charge < -0.3 is 25.6 Å². The van der Waals surface area contributed by atoms with Crippen LogP contribution in [0.4, 0.5) is 11.6 Å². The molecule has 7 nitrogen and oxygen atoms in total. The smallest absolute Gasteiger partial charge is 0.257 e. The fourth-order valence-electron chi connectivity index (χ4n) is 4.06. The largest absolute Gasteiger partial charge is 0.486 e. The van der Waals surface area contributed by atoms with Gasteiger partial charge in [0.15, 0.2) is 0 Å². The molecule has 2 heterocycles. The van der Waals surface area contributed by atoms with E-state index < -0.39 is 0 Å². The molecule has 0 spiro atoms. The standard InChI is InChI=1S/C26H30ClN5O2/c1-29-13-12-23(18-6-4-3-5-7-18)34-20-9-8-19(22(27)16-20)17-32-15-14-31(2)25-21(26(32)33)10-11-24(28)30-25/h3-11,16,23,29H,12-15,17H2,1-2H3,(H2,28,30). The number of benzene rings is 2. The molecule has 3 N–H and O–H groups in total. The zero-order valence-corrected chi connectivity index (χ0v) is 20.3. The minimum absolute atomic E-state index is 0.0838. The number of nitrogens with one attached hydrogen (secondary N) is 1. The Labute approximate surface area is 205 Å². The number of fused-ring (bicyclic) bond motifs is 1. The van der Waals surface area contributed by atoms with E-state index in [4.69, 9.17) is 22.1 Å². The quantitative estimate of drug-likeness (QED) is 0.505. The van der Waals surface area contributed by atoms with Gasteiger partial charge in [-0.2, -0.15) is 0 Å². The van der Waals surface area contributed by atoms with Crippen LogP contribution in [0, 0.1) is 0 Å². The van der Waals surface area contributed by atoms with Crippen LogP contribution >= 0.6 is 11.6 Å². The maximum atomic E-state index is 13.2. The molecule has 1 aliphatic heterocycles. The second kappa shape index (κ2) is 10.8. The molecule has 3 aromatic rings. The zero-order chi connectivity index (χ0) is 24.1. The zero-order valence-electron chi connectivity index (χ0n) is 19.5. The lowest BCUT2D eigenvalue weighted by molar-refractivity contribution is 0.0755. The predicted octanol–water partition coefficient (Wildman–Crippen LogP) is 4.14. The summed E-state index contributed by atoms with van der Waals surface area (Å²) < 4.78 is 6.31. The van der Waals surface area contributed by atoms with Crippen LogP contribution in [0.1, 0.15) is 34.0 Å². The van der Waals surface area contributed by atoms with Crippen molar-refractivity contribution >= 4 is 29.1 Å². The number of anilines is 2. The molecule has 2 aromatic carbocycles. The molecule has 1 aliphatic rings. The van der Waals surface area contributed by atoms with Gasteiger partial charge in [0.1, 0.15) is 23.5 Å². The van der Waals surface area contributed by atoms with Crippen LogP contribution < -0.4 is 20.7 Å². The maximum Gasteiger partial charge on any atom is 0.257 e. The van der Waals surface area contributed by atoms with Crippen LogP contribution in [0.2, 0.25) is 5.02 Å². The normalized spacial score (nSPS) is 14.5. The average Bonchev–Trinajstić information content (AvgIpc) is 2.95. The number of carbonyl (C=O) groups excluding carboxylic acids is 1. The van der Waals surface area contributed by atoms with Gasteiger partial charge >= 0.3 is 0 Å². The molecule has 1 unspecified atom stereocenters. The van der Waals surface area contributed by atoms with E-state index in [-0.39, 0.29) is 12.0 Å². The Morgan fingerprint density at radius 3 is 2.68 bits per heavy atom. The van der Waals surface area contributed by atoms with E-state index >= 15 is 0 Å². The molecular weight excluding hydrogens is 450 g/mol. The number of amides is 1. The molecule has 1 atom stereocenters. The van der Waals surface area contributed by atoms with E-state index in [2.05, 4.69) is 22.4 Å². The lowest BCUT2D eigenvalue weighted by Crippen LogP contribution is -2.33. The number of carbonyl (C=O) groups is 1. The summed E-state index contributed by atoms with van der Waals surface area (Å²) in [4.78, 5) is 21.3. The number of aromatic nitrogens is 1. The number of rotatable bonds is 8. The lowest BCUT2D eigenvalue weighted by atomic mass is 10.1. The number of nitrogens with two attached hydrogens (primary N) is 1. The van der Waals surface area contributed by atoms with Gasteiger partial charge in [0, 0.05) is 38.1 Å². The number of nitrogens with zero attached hydrogens (tertiary/aromatic N) is 3. The van der Waals surface area contributed by atoms with Crippen molar-refractivity contribution in [3.05, 3.63) is 82.4 Å². The second-order valence-corrected chi connectivity index (χ2v) is 8.83. The summed E-state index contributed by atoms with van der Waals surface area (Å²) in [5.41, 5.74) is 8.36. The topological polar surface area (TPSA) is 83.7 Å². The number of pyridine rings is 1. The Morgan fingerprint density at radius 1 is 1.15 bits per heavy atom. The molecule has 0 radical (unpaired) electrons. The number of halogens is 1. The summed E-state index contributed by atoms with van der Waals surface area (Å²) in [5.74, 6) is 1.62. The molecule has 34 heavy (non-hydrogen) atoms. The SMILES string of the molecule is CNCCC(Oc1ccc(CN2CCN(C)c3nc(N)ccc3C2=O)c(Cl)c1)c1ccccc1. The predicted molar refractivity (Wildman–Crippen MR) is 136 cm³/mol. The number of nitrogen functional groups attached to an aromatic ring is 1. The average molecular weight is 480 g/mol. The van der Waals surface area contributed by atoms with Gasteiger partial charge in [-0.25, -0.2) is 4.98 Å². The van der Waals surface area contributed by atoms with Crippen molar-refractivity contribution in [3.8, 4) is 5.75 Å². The van der Waals surface area contributed by atoms with E-state index in [9.17, 15) is 4.79 Å². The van der Waals surface area contributed by atoms with Gasteiger partial charge in [0.2, 0.25) is 0 Å². The fraction of sp³-hybridized carbons (Fsp3) is 0.308. The van der Waals surface area contributed by atoms with Crippen LogP contribution in [0.15, 0.2) is 60.7 Å². The van der Waals surface area contributed by atoms with Gasteiger partial charge in [-0.1, -0.05) is 48.0 Å². The van der Waals surface area contributed by atoms with Gasteiger partial charge in [0.05, 0.1) is 5.56 Å². The van der Waals surface area contributed by atoms with Gasteiger partial charge in [0.25, 0.3) is 5.91 Å². The first kappa shape index (κ1) is 23.9. The highest BCUT2D eigenvalue weighted by Crippen LogP contribution is 2.30. The monoisotopic (exact) mass is 479 g/mol. The molecule has 0 aliphatic carbocycles. The first-order valence-electron chi connectivity index (χ1n) is 11.4. The minimum atomic E-state index is -0.0882. The minimum Gasteiger partial charge on any atom is -0.486 e. The van der Waals surface area contributed by atoms with Crippen LogP contribution in [0.25, 0.3) is 0 Å². The maximum absolute atomic E-state index is 13.2. The van der Waals surface area contributed by atoms with E-state index in [1.165, 1.54) is 0 Å². The van der Waals surface area contributed by atoms with Crippen LogP contribution in [-0.4, -0.2) is 49.5 Å². The van der Waals surface area contributed by atoms with Gasteiger partial charge in [-0.15, -0.1) is 0 Å². The van der Waals surface area contributed by atoms with E-state index in [0.29, 0.717) is 47.6 Å².